The van der Waals surface area contributed by atoms with E-state index >= 15 is 0 Å². The van der Waals surface area contributed by atoms with Gasteiger partial charge in [0.25, 0.3) is 0 Å². The Balaban J connectivity index is 1.76. The number of nitrogens with one attached hydrogen (secondary N) is 1. The second-order valence-electron chi connectivity index (χ2n) is 7.45. The van der Waals surface area contributed by atoms with Gasteiger partial charge in [0.05, 0.1) is 22.9 Å². The van der Waals surface area contributed by atoms with Gasteiger partial charge in [0.2, 0.25) is 11.6 Å². The number of amides is 1. The Morgan fingerprint density at radius 3 is 3.04 bits per heavy atom. The van der Waals surface area contributed by atoms with Gasteiger partial charge >= 0.3 is 0 Å². The van der Waals surface area contributed by atoms with Crippen molar-refractivity contribution < 1.29 is 9.90 Å². The second kappa shape index (κ2) is 5.94. The molecule has 4 heterocycles. The van der Waals surface area contributed by atoms with Crippen molar-refractivity contribution in [3.05, 3.63) is 18.1 Å². The average Bonchev–Trinajstić information content (AvgIpc) is 3.07. The fraction of sp³-hybridized carbons (Fsp3) is 0.647. The van der Waals surface area contributed by atoms with Crippen LogP contribution in [0, 0.1) is 5.41 Å². The molecule has 2 aliphatic heterocycles. The number of aliphatic hydroxyl groups is 1. The summed E-state index contributed by atoms with van der Waals surface area (Å²) in [5, 5.41) is 26.3. The molecule has 8 heteroatoms. The number of aromatic nitrogens is 4. The third-order valence-corrected chi connectivity index (χ3v) is 5.52. The number of carbonyl (C=O) groups is 1. The normalized spacial score (nSPS) is 27.3. The number of hydrogen-bond acceptors (Lipinski definition) is 6. The summed E-state index contributed by atoms with van der Waals surface area (Å²) in [5.74, 6) is 0.236. The number of rotatable bonds is 2. The SMILES string of the molecule is CC(C)c1cc(N2CC[C@H](O)[C@@]3(CCCNC3=O)C2)c2nncn2n1. The van der Waals surface area contributed by atoms with Gasteiger partial charge in [-0.1, -0.05) is 13.8 Å². The number of piperidine rings is 2. The molecule has 1 amide bonds. The van der Waals surface area contributed by atoms with E-state index in [1.807, 2.05) is 6.07 Å². The molecule has 4 rings (SSSR count). The predicted octanol–water partition coefficient (Wildman–Crippen LogP) is 0.715. The van der Waals surface area contributed by atoms with E-state index in [0.29, 0.717) is 38.1 Å². The molecule has 2 fully saturated rings. The summed E-state index contributed by atoms with van der Waals surface area (Å²) in [6.07, 6.45) is 3.16. The quantitative estimate of drug-likeness (QED) is 0.833. The zero-order chi connectivity index (χ0) is 17.6. The van der Waals surface area contributed by atoms with E-state index in [2.05, 4.69) is 39.4 Å². The molecule has 2 aromatic heterocycles. The first kappa shape index (κ1) is 16.3. The average molecular weight is 344 g/mol. The van der Waals surface area contributed by atoms with Crippen LogP contribution in [0.4, 0.5) is 5.69 Å². The van der Waals surface area contributed by atoms with E-state index in [1.165, 1.54) is 0 Å². The predicted molar refractivity (Wildman–Crippen MR) is 92.4 cm³/mol. The van der Waals surface area contributed by atoms with Crippen LogP contribution >= 0.6 is 0 Å². The van der Waals surface area contributed by atoms with E-state index in [0.717, 1.165) is 17.8 Å². The number of carbonyl (C=O) groups excluding carboxylic acids is 1. The summed E-state index contributed by atoms with van der Waals surface area (Å²) < 4.78 is 1.70. The first-order valence-corrected chi connectivity index (χ1v) is 8.93. The molecule has 25 heavy (non-hydrogen) atoms. The van der Waals surface area contributed by atoms with Crippen molar-refractivity contribution >= 4 is 17.2 Å². The van der Waals surface area contributed by atoms with E-state index in [1.54, 1.807) is 10.8 Å². The van der Waals surface area contributed by atoms with E-state index < -0.39 is 11.5 Å². The van der Waals surface area contributed by atoms with Crippen molar-refractivity contribution in [2.45, 2.75) is 45.1 Å². The highest BCUT2D eigenvalue weighted by Gasteiger charge is 2.50. The minimum atomic E-state index is -0.741. The van der Waals surface area contributed by atoms with Gasteiger partial charge in [-0.25, -0.2) is 0 Å². The maximum absolute atomic E-state index is 12.6. The second-order valence-corrected chi connectivity index (χ2v) is 7.45. The lowest BCUT2D eigenvalue weighted by Gasteiger charge is -2.47. The molecule has 0 aliphatic carbocycles. The van der Waals surface area contributed by atoms with Crippen LogP contribution in [0.1, 0.15) is 44.7 Å². The molecule has 8 nitrogen and oxygen atoms in total. The molecule has 0 bridgehead atoms. The fourth-order valence-electron chi connectivity index (χ4n) is 3.99. The van der Waals surface area contributed by atoms with Gasteiger partial charge in [0.1, 0.15) is 6.33 Å². The van der Waals surface area contributed by atoms with Crippen LogP contribution in [0.15, 0.2) is 12.4 Å². The lowest BCUT2D eigenvalue weighted by atomic mass is 9.71. The third kappa shape index (κ3) is 2.55. The van der Waals surface area contributed by atoms with Gasteiger partial charge in [0.15, 0.2) is 0 Å². The zero-order valence-corrected chi connectivity index (χ0v) is 14.6. The summed E-state index contributed by atoms with van der Waals surface area (Å²) in [6, 6.07) is 2.04. The van der Waals surface area contributed by atoms with Gasteiger partial charge in [-0.2, -0.15) is 9.61 Å². The van der Waals surface area contributed by atoms with Gasteiger partial charge in [-0.15, -0.1) is 10.2 Å². The molecule has 0 saturated carbocycles. The van der Waals surface area contributed by atoms with Gasteiger partial charge in [-0.05, 0) is 31.2 Å². The molecular weight excluding hydrogens is 320 g/mol. The third-order valence-electron chi connectivity index (χ3n) is 5.52. The summed E-state index contributed by atoms with van der Waals surface area (Å²) in [4.78, 5) is 14.8. The van der Waals surface area contributed by atoms with Gasteiger partial charge < -0.3 is 15.3 Å². The van der Waals surface area contributed by atoms with Gasteiger partial charge in [0, 0.05) is 19.6 Å². The van der Waals surface area contributed by atoms with Crippen LogP contribution < -0.4 is 10.2 Å². The molecule has 2 saturated heterocycles. The number of fused-ring (bicyclic) bond motifs is 1. The summed E-state index contributed by atoms with van der Waals surface area (Å²) in [6.45, 7) is 6.05. The molecule has 2 atom stereocenters. The minimum absolute atomic E-state index is 0.0356. The highest BCUT2D eigenvalue weighted by molar-refractivity contribution is 5.85. The number of aliphatic hydroxyl groups excluding tert-OH is 1. The Bertz CT molecular complexity index is 804. The first-order chi connectivity index (χ1) is 12.0. The summed E-state index contributed by atoms with van der Waals surface area (Å²) in [7, 11) is 0. The summed E-state index contributed by atoms with van der Waals surface area (Å²) in [5.41, 5.74) is 1.83. The van der Waals surface area contributed by atoms with E-state index in [4.69, 9.17) is 0 Å². The van der Waals surface area contributed by atoms with E-state index in [9.17, 15) is 9.90 Å². The standard InChI is InChI=1S/C17H24N6O2/c1-11(2)12-8-13(15-20-19-10-23(15)21-12)22-7-4-14(24)17(9-22)5-3-6-18-16(17)25/h8,10-11,14,24H,3-7,9H2,1-2H3,(H,18,25)/t14-,17+/m0/s1. The van der Waals surface area contributed by atoms with Crippen molar-refractivity contribution in [2.24, 2.45) is 5.41 Å². The topological polar surface area (TPSA) is 95.7 Å². The van der Waals surface area contributed by atoms with Crippen molar-refractivity contribution in [3.8, 4) is 0 Å². The lowest BCUT2D eigenvalue weighted by molar-refractivity contribution is -0.142. The largest absolute Gasteiger partial charge is 0.392 e. The minimum Gasteiger partial charge on any atom is -0.392 e. The smallest absolute Gasteiger partial charge is 0.230 e. The molecule has 0 aromatic carbocycles. The molecule has 2 aromatic rings. The number of nitrogens with zero attached hydrogens (tertiary/aromatic N) is 5. The Kier molecular flexibility index (Phi) is 3.87. The van der Waals surface area contributed by atoms with E-state index in [-0.39, 0.29) is 11.8 Å². The lowest BCUT2D eigenvalue weighted by Crippen LogP contribution is -2.61. The Morgan fingerprint density at radius 1 is 1.44 bits per heavy atom. The zero-order valence-electron chi connectivity index (χ0n) is 14.6. The molecular formula is C17H24N6O2. The highest BCUT2D eigenvalue weighted by atomic mass is 16.3. The Morgan fingerprint density at radius 2 is 2.28 bits per heavy atom. The van der Waals surface area contributed by atoms with Crippen LogP contribution in [-0.2, 0) is 4.79 Å². The van der Waals surface area contributed by atoms with Crippen LogP contribution in [-0.4, -0.2) is 56.6 Å². The maximum atomic E-state index is 12.6. The molecule has 134 valence electrons. The van der Waals surface area contributed by atoms with Crippen molar-refractivity contribution in [1.82, 2.24) is 25.1 Å². The van der Waals surface area contributed by atoms with Crippen LogP contribution in [0.2, 0.25) is 0 Å². The number of hydrogen-bond donors (Lipinski definition) is 2. The van der Waals surface area contributed by atoms with Crippen molar-refractivity contribution in [2.75, 3.05) is 24.5 Å². The van der Waals surface area contributed by atoms with Gasteiger partial charge in [-0.3, -0.25) is 4.79 Å². The molecule has 0 radical (unpaired) electrons. The molecule has 1 spiro atoms. The highest BCUT2D eigenvalue weighted by Crippen LogP contribution is 2.39. The van der Waals surface area contributed by atoms with Crippen LogP contribution in [0.3, 0.4) is 0 Å². The fourth-order valence-corrected chi connectivity index (χ4v) is 3.99. The number of anilines is 1. The van der Waals surface area contributed by atoms with Crippen molar-refractivity contribution in [3.63, 3.8) is 0 Å². The summed E-state index contributed by atoms with van der Waals surface area (Å²) >= 11 is 0. The first-order valence-electron chi connectivity index (χ1n) is 8.93. The Labute approximate surface area is 146 Å². The van der Waals surface area contributed by atoms with Crippen molar-refractivity contribution in [1.29, 1.82) is 0 Å². The Hall–Kier alpha value is -2.22. The maximum Gasteiger partial charge on any atom is 0.230 e. The monoisotopic (exact) mass is 344 g/mol. The molecule has 0 unspecified atom stereocenters. The molecule has 2 N–H and O–H groups in total. The van der Waals surface area contributed by atoms with Crippen LogP contribution in [0.25, 0.3) is 5.65 Å². The molecule has 2 aliphatic rings. The van der Waals surface area contributed by atoms with Crippen LogP contribution in [0.5, 0.6) is 0 Å².